The van der Waals surface area contributed by atoms with Crippen LogP contribution in [0.1, 0.15) is 24.8 Å². The molecule has 23 heavy (non-hydrogen) atoms. The summed E-state index contributed by atoms with van der Waals surface area (Å²) in [6, 6.07) is 5.04. The molecule has 0 bridgehead atoms. The molecule has 0 N–H and O–H groups in total. The van der Waals surface area contributed by atoms with Gasteiger partial charge in [-0.25, -0.2) is 8.42 Å². The standard InChI is InChI=1S/C15H18F3NO3S/c16-15(17,18)11-23(21,22)13-6-4-12(5-7-13)10-14(20)19-8-2-1-3-9-19/h4-7H,1-3,8-11H2. The molecule has 8 heteroatoms. The van der Waals surface area contributed by atoms with Crippen LogP contribution >= 0.6 is 0 Å². The van der Waals surface area contributed by atoms with Crippen LogP contribution in [-0.4, -0.2) is 44.2 Å². The van der Waals surface area contributed by atoms with Gasteiger partial charge in [0, 0.05) is 13.1 Å². The van der Waals surface area contributed by atoms with Crippen LogP contribution in [0.25, 0.3) is 0 Å². The Bertz CT molecular complexity index is 648. The molecule has 0 radical (unpaired) electrons. The molecule has 1 aliphatic rings. The topological polar surface area (TPSA) is 54.5 Å². The first-order valence-electron chi connectivity index (χ1n) is 7.34. The zero-order valence-electron chi connectivity index (χ0n) is 12.5. The Balaban J connectivity index is 2.03. The van der Waals surface area contributed by atoms with Gasteiger partial charge in [-0.3, -0.25) is 4.79 Å². The number of carbonyl (C=O) groups excluding carboxylic acids is 1. The molecule has 1 aromatic carbocycles. The molecule has 0 spiro atoms. The molecule has 0 saturated carbocycles. The van der Waals surface area contributed by atoms with E-state index in [2.05, 4.69) is 0 Å². The van der Waals surface area contributed by atoms with Crippen LogP contribution in [0, 0.1) is 0 Å². The summed E-state index contributed by atoms with van der Waals surface area (Å²) in [6.07, 6.45) is -1.60. The summed E-state index contributed by atoms with van der Waals surface area (Å²) < 4.78 is 60.1. The van der Waals surface area contributed by atoms with E-state index in [1.54, 1.807) is 4.90 Å². The predicted octanol–water partition coefficient (Wildman–Crippen LogP) is 2.58. The number of piperidine rings is 1. The van der Waals surface area contributed by atoms with Crippen LogP contribution in [-0.2, 0) is 21.1 Å². The molecule has 1 fully saturated rings. The van der Waals surface area contributed by atoms with Gasteiger partial charge in [0.2, 0.25) is 5.91 Å². The number of amides is 1. The third kappa shape index (κ3) is 5.23. The minimum absolute atomic E-state index is 0.0457. The lowest BCUT2D eigenvalue weighted by Crippen LogP contribution is -2.36. The lowest BCUT2D eigenvalue weighted by Gasteiger charge is -2.26. The van der Waals surface area contributed by atoms with E-state index in [0.29, 0.717) is 5.56 Å². The second-order valence-corrected chi connectivity index (χ2v) is 7.63. The fraction of sp³-hybridized carbons (Fsp3) is 0.533. The summed E-state index contributed by atoms with van der Waals surface area (Å²) in [6.45, 7) is 1.44. The molecule has 2 rings (SSSR count). The average Bonchev–Trinajstić information content (AvgIpc) is 2.46. The van der Waals surface area contributed by atoms with E-state index in [4.69, 9.17) is 0 Å². The summed E-state index contributed by atoms with van der Waals surface area (Å²) >= 11 is 0. The number of rotatable bonds is 4. The number of alkyl halides is 3. The van der Waals surface area contributed by atoms with Crippen LogP contribution in [0.15, 0.2) is 29.2 Å². The molecule has 0 atom stereocenters. The molecule has 1 amide bonds. The van der Waals surface area contributed by atoms with Crippen molar-refractivity contribution in [1.82, 2.24) is 4.90 Å². The quantitative estimate of drug-likeness (QED) is 0.840. The van der Waals surface area contributed by atoms with Crippen LogP contribution in [0.5, 0.6) is 0 Å². The lowest BCUT2D eigenvalue weighted by atomic mass is 10.1. The molecule has 4 nitrogen and oxygen atoms in total. The van der Waals surface area contributed by atoms with Gasteiger partial charge in [-0.05, 0) is 37.0 Å². The van der Waals surface area contributed by atoms with Crippen molar-refractivity contribution < 1.29 is 26.4 Å². The van der Waals surface area contributed by atoms with E-state index in [1.165, 1.54) is 12.1 Å². The van der Waals surface area contributed by atoms with Crippen molar-refractivity contribution in [3.05, 3.63) is 29.8 Å². The van der Waals surface area contributed by atoms with Crippen molar-refractivity contribution in [1.29, 1.82) is 0 Å². The van der Waals surface area contributed by atoms with Gasteiger partial charge in [0.1, 0.15) is 0 Å². The minimum atomic E-state index is -4.78. The Morgan fingerprint density at radius 3 is 2.13 bits per heavy atom. The van der Waals surface area contributed by atoms with E-state index in [1.807, 2.05) is 0 Å². The SMILES string of the molecule is O=C(Cc1ccc(S(=O)(=O)CC(F)(F)F)cc1)N1CCCCC1. The highest BCUT2D eigenvalue weighted by Crippen LogP contribution is 2.23. The number of halogens is 3. The smallest absolute Gasteiger partial charge is 0.342 e. The van der Waals surface area contributed by atoms with E-state index in [0.717, 1.165) is 44.5 Å². The molecule has 128 valence electrons. The van der Waals surface area contributed by atoms with Gasteiger partial charge in [-0.2, -0.15) is 13.2 Å². The van der Waals surface area contributed by atoms with Crippen molar-refractivity contribution in [2.24, 2.45) is 0 Å². The first-order valence-corrected chi connectivity index (χ1v) is 8.99. The molecule has 0 unspecified atom stereocenters. The van der Waals surface area contributed by atoms with Gasteiger partial charge in [-0.1, -0.05) is 12.1 Å². The van der Waals surface area contributed by atoms with E-state index >= 15 is 0 Å². The Hall–Kier alpha value is -1.57. The number of hydrogen-bond acceptors (Lipinski definition) is 3. The number of sulfone groups is 1. The number of nitrogens with zero attached hydrogens (tertiary/aromatic N) is 1. The molecule has 1 aliphatic heterocycles. The maximum Gasteiger partial charge on any atom is 0.403 e. The van der Waals surface area contributed by atoms with Gasteiger partial charge in [0.25, 0.3) is 0 Å². The normalized spacial score (nSPS) is 16.4. The van der Waals surface area contributed by atoms with E-state index < -0.39 is 21.8 Å². The maximum absolute atomic E-state index is 12.3. The van der Waals surface area contributed by atoms with Crippen LogP contribution < -0.4 is 0 Å². The Kier molecular flexibility index (Phi) is 5.33. The number of likely N-dealkylation sites (tertiary alicyclic amines) is 1. The summed E-state index contributed by atoms with van der Waals surface area (Å²) in [7, 11) is -4.40. The number of hydrogen-bond donors (Lipinski definition) is 0. The first-order chi connectivity index (χ1) is 10.7. The van der Waals surface area contributed by atoms with Gasteiger partial charge >= 0.3 is 6.18 Å². The highest BCUT2D eigenvalue weighted by Gasteiger charge is 2.35. The maximum atomic E-state index is 12.3. The molecular weight excluding hydrogens is 331 g/mol. The summed E-state index contributed by atoms with van der Waals surface area (Å²) in [5.41, 5.74) is 0.589. The molecule has 1 aromatic rings. The second kappa shape index (κ2) is 6.90. The van der Waals surface area contributed by atoms with Crippen molar-refractivity contribution in [3.63, 3.8) is 0 Å². The Labute approximate surface area is 133 Å². The van der Waals surface area contributed by atoms with Crippen LogP contribution in [0.2, 0.25) is 0 Å². The molecule has 1 saturated heterocycles. The zero-order valence-corrected chi connectivity index (χ0v) is 13.3. The molecule has 0 aromatic heterocycles. The number of carbonyl (C=O) groups is 1. The number of benzene rings is 1. The molecule has 0 aliphatic carbocycles. The van der Waals surface area contributed by atoms with E-state index in [9.17, 15) is 26.4 Å². The third-order valence-electron chi connectivity index (χ3n) is 3.70. The first kappa shape index (κ1) is 17.8. The summed E-state index contributed by atoms with van der Waals surface area (Å²) in [5.74, 6) is -1.93. The van der Waals surface area contributed by atoms with Crippen molar-refractivity contribution in [3.8, 4) is 0 Å². The van der Waals surface area contributed by atoms with Crippen LogP contribution in [0.3, 0.4) is 0 Å². The van der Waals surface area contributed by atoms with Crippen LogP contribution in [0.4, 0.5) is 13.2 Å². The van der Waals surface area contributed by atoms with Crippen molar-refractivity contribution in [2.45, 2.75) is 36.8 Å². The van der Waals surface area contributed by atoms with Gasteiger partial charge in [0.15, 0.2) is 15.6 Å². The Morgan fingerprint density at radius 2 is 1.61 bits per heavy atom. The monoisotopic (exact) mass is 349 g/mol. The fourth-order valence-corrected chi connectivity index (χ4v) is 3.69. The van der Waals surface area contributed by atoms with Gasteiger partial charge in [-0.15, -0.1) is 0 Å². The van der Waals surface area contributed by atoms with Crippen molar-refractivity contribution >= 4 is 15.7 Å². The fourth-order valence-electron chi connectivity index (χ4n) is 2.54. The highest BCUT2D eigenvalue weighted by molar-refractivity contribution is 7.91. The molecular formula is C15H18F3NO3S. The highest BCUT2D eigenvalue weighted by atomic mass is 32.2. The largest absolute Gasteiger partial charge is 0.403 e. The van der Waals surface area contributed by atoms with Crippen molar-refractivity contribution in [2.75, 3.05) is 18.8 Å². The average molecular weight is 349 g/mol. The molecule has 1 heterocycles. The Morgan fingerprint density at radius 1 is 1.04 bits per heavy atom. The predicted molar refractivity (Wildman–Crippen MR) is 78.7 cm³/mol. The summed E-state index contributed by atoms with van der Waals surface area (Å²) in [4.78, 5) is 13.5. The third-order valence-corrected chi connectivity index (χ3v) is 5.40. The van der Waals surface area contributed by atoms with E-state index in [-0.39, 0.29) is 17.2 Å². The minimum Gasteiger partial charge on any atom is -0.342 e. The summed E-state index contributed by atoms with van der Waals surface area (Å²) in [5, 5.41) is 0. The second-order valence-electron chi connectivity index (χ2n) is 5.64. The lowest BCUT2D eigenvalue weighted by molar-refractivity contribution is -0.131. The van der Waals surface area contributed by atoms with Gasteiger partial charge < -0.3 is 4.90 Å². The zero-order chi connectivity index (χ0) is 17.1. The van der Waals surface area contributed by atoms with Gasteiger partial charge in [0.05, 0.1) is 11.3 Å².